The normalized spacial score (nSPS) is 16.3. The van der Waals surface area contributed by atoms with Crippen LogP contribution in [0.25, 0.3) is 0 Å². The standard InChI is InChI=1S/C15H22FN3O.ClH/c1-2-5-13(17)15(20)19-10-8-18(9-11-19)14-7-4-3-6-12(14)16;/h3-4,6-7,13H,2,5,8-11,17H2,1H3;1H. The summed E-state index contributed by atoms with van der Waals surface area (Å²) in [4.78, 5) is 15.9. The third-order valence-corrected chi connectivity index (χ3v) is 3.70. The van der Waals surface area contributed by atoms with Crippen molar-refractivity contribution in [2.45, 2.75) is 25.8 Å². The molecule has 2 rings (SSSR count). The molecule has 2 N–H and O–H groups in total. The maximum atomic E-state index is 13.7. The van der Waals surface area contributed by atoms with E-state index < -0.39 is 6.04 Å². The van der Waals surface area contributed by atoms with Gasteiger partial charge >= 0.3 is 0 Å². The third kappa shape index (κ3) is 4.32. The molecule has 0 spiro atoms. The van der Waals surface area contributed by atoms with Crippen molar-refractivity contribution >= 4 is 24.0 Å². The van der Waals surface area contributed by atoms with Gasteiger partial charge in [-0.25, -0.2) is 4.39 Å². The van der Waals surface area contributed by atoms with Crippen LogP contribution >= 0.6 is 12.4 Å². The minimum Gasteiger partial charge on any atom is -0.366 e. The van der Waals surface area contributed by atoms with Crippen LogP contribution in [-0.4, -0.2) is 43.0 Å². The van der Waals surface area contributed by atoms with Gasteiger partial charge in [-0.2, -0.15) is 0 Å². The number of hydrogen-bond donors (Lipinski definition) is 1. The average Bonchev–Trinajstić information content (AvgIpc) is 2.47. The molecule has 0 aliphatic carbocycles. The Bertz CT molecular complexity index is 464. The number of anilines is 1. The van der Waals surface area contributed by atoms with Crippen molar-refractivity contribution in [1.29, 1.82) is 0 Å². The zero-order valence-electron chi connectivity index (χ0n) is 12.3. The summed E-state index contributed by atoms with van der Waals surface area (Å²) < 4.78 is 13.7. The van der Waals surface area contributed by atoms with Crippen molar-refractivity contribution in [3.8, 4) is 0 Å². The molecule has 1 atom stereocenters. The lowest BCUT2D eigenvalue weighted by Crippen LogP contribution is -2.53. The highest BCUT2D eigenvalue weighted by Crippen LogP contribution is 2.20. The van der Waals surface area contributed by atoms with Crippen LogP contribution in [-0.2, 0) is 4.79 Å². The van der Waals surface area contributed by atoms with Gasteiger partial charge in [-0.15, -0.1) is 12.4 Å². The Morgan fingerprint density at radius 3 is 2.48 bits per heavy atom. The van der Waals surface area contributed by atoms with E-state index in [0.29, 0.717) is 38.3 Å². The molecule has 1 unspecified atom stereocenters. The topological polar surface area (TPSA) is 49.6 Å². The number of piperazine rings is 1. The molecular formula is C15H23ClFN3O. The second kappa shape index (κ2) is 8.20. The van der Waals surface area contributed by atoms with Gasteiger partial charge in [0, 0.05) is 26.2 Å². The van der Waals surface area contributed by atoms with Gasteiger partial charge in [-0.05, 0) is 18.6 Å². The van der Waals surface area contributed by atoms with Gasteiger partial charge in [-0.1, -0.05) is 25.5 Å². The van der Waals surface area contributed by atoms with Gasteiger partial charge in [0.2, 0.25) is 5.91 Å². The zero-order chi connectivity index (χ0) is 14.5. The number of benzene rings is 1. The van der Waals surface area contributed by atoms with Gasteiger partial charge in [-0.3, -0.25) is 4.79 Å². The van der Waals surface area contributed by atoms with Crippen molar-refractivity contribution in [2.75, 3.05) is 31.1 Å². The molecular weight excluding hydrogens is 293 g/mol. The van der Waals surface area contributed by atoms with E-state index in [1.54, 1.807) is 17.0 Å². The number of amides is 1. The lowest BCUT2D eigenvalue weighted by atomic mass is 10.1. The molecule has 1 saturated heterocycles. The smallest absolute Gasteiger partial charge is 0.239 e. The Hall–Kier alpha value is -1.33. The van der Waals surface area contributed by atoms with Crippen LogP contribution in [0.5, 0.6) is 0 Å². The largest absolute Gasteiger partial charge is 0.366 e. The summed E-state index contributed by atoms with van der Waals surface area (Å²) in [5, 5.41) is 0. The molecule has 0 aromatic heterocycles. The lowest BCUT2D eigenvalue weighted by molar-refractivity contribution is -0.133. The van der Waals surface area contributed by atoms with Gasteiger partial charge in [0.05, 0.1) is 11.7 Å². The van der Waals surface area contributed by atoms with E-state index in [0.717, 1.165) is 6.42 Å². The Morgan fingerprint density at radius 2 is 1.90 bits per heavy atom. The van der Waals surface area contributed by atoms with Crippen molar-refractivity contribution < 1.29 is 9.18 Å². The van der Waals surface area contributed by atoms with Crippen molar-refractivity contribution in [2.24, 2.45) is 5.73 Å². The molecule has 1 amide bonds. The molecule has 118 valence electrons. The summed E-state index contributed by atoms with van der Waals surface area (Å²) in [5.41, 5.74) is 6.47. The number of halogens is 2. The van der Waals surface area contributed by atoms with E-state index in [1.807, 2.05) is 17.9 Å². The molecule has 1 aliphatic heterocycles. The Morgan fingerprint density at radius 1 is 1.29 bits per heavy atom. The zero-order valence-corrected chi connectivity index (χ0v) is 13.1. The van der Waals surface area contributed by atoms with E-state index in [1.165, 1.54) is 6.07 Å². The SMILES string of the molecule is CCCC(N)C(=O)N1CCN(c2ccccc2F)CC1.Cl. The fraction of sp³-hybridized carbons (Fsp3) is 0.533. The molecule has 1 fully saturated rings. The number of para-hydroxylation sites is 1. The van der Waals surface area contributed by atoms with Crippen LogP contribution in [0, 0.1) is 5.82 Å². The summed E-state index contributed by atoms with van der Waals surface area (Å²) in [6.07, 6.45) is 1.62. The summed E-state index contributed by atoms with van der Waals surface area (Å²) in [7, 11) is 0. The van der Waals surface area contributed by atoms with E-state index in [4.69, 9.17) is 5.73 Å². The number of carbonyl (C=O) groups is 1. The number of carbonyl (C=O) groups excluding carboxylic acids is 1. The third-order valence-electron chi connectivity index (χ3n) is 3.70. The Balaban J connectivity index is 0.00000220. The first kappa shape index (κ1) is 17.7. The quantitative estimate of drug-likeness (QED) is 0.925. The van der Waals surface area contributed by atoms with Crippen molar-refractivity contribution in [3.05, 3.63) is 30.1 Å². The number of hydrogen-bond acceptors (Lipinski definition) is 3. The van der Waals surface area contributed by atoms with E-state index in [2.05, 4.69) is 0 Å². The molecule has 21 heavy (non-hydrogen) atoms. The van der Waals surface area contributed by atoms with Gasteiger partial charge in [0.15, 0.2) is 0 Å². The second-order valence-electron chi connectivity index (χ2n) is 5.16. The summed E-state index contributed by atoms with van der Waals surface area (Å²) >= 11 is 0. The first-order chi connectivity index (χ1) is 9.63. The Kier molecular flexibility index (Phi) is 6.92. The van der Waals surface area contributed by atoms with E-state index >= 15 is 0 Å². The molecule has 0 saturated carbocycles. The first-order valence-corrected chi connectivity index (χ1v) is 7.17. The molecule has 6 heteroatoms. The fourth-order valence-electron chi connectivity index (χ4n) is 2.54. The fourth-order valence-corrected chi connectivity index (χ4v) is 2.54. The predicted octanol–water partition coefficient (Wildman–Crippen LogP) is 2.02. The number of rotatable bonds is 4. The van der Waals surface area contributed by atoms with Crippen LogP contribution < -0.4 is 10.6 Å². The van der Waals surface area contributed by atoms with Gasteiger partial charge < -0.3 is 15.5 Å². The average molecular weight is 316 g/mol. The van der Waals surface area contributed by atoms with Crippen LogP contribution in [0.3, 0.4) is 0 Å². The van der Waals surface area contributed by atoms with Gasteiger partial charge in [0.1, 0.15) is 5.82 Å². The van der Waals surface area contributed by atoms with E-state index in [9.17, 15) is 9.18 Å². The maximum Gasteiger partial charge on any atom is 0.239 e. The van der Waals surface area contributed by atoms with Crippen LogP contribution in [0.2, 0.25) is 0 Å². The van der Waals surface area contributed by atoms with Crippen molar-refractivity contribution in [1.82, 2.24) is 4.90 Å². The van der Waals surface area contributed by atoms with E-state index in [-0.39, 0.29) is 24.1 Å². The molecule has 0 radical (unpaired) electrons. The highest BCUT2D eigenvalue weighted by molar-refractivity contribution is 5.85. The van der Waals surface area contributed by atoms with Crippen LogP contribution in [0.4, 0.5) is 10.1 Å². The minimum atomic E-state index is -0.403. The molecule has 4 nitrogen and oxygen atoms in total. The minimum absolute atomic E-state index is 0. The highest BCUT2D eigenvalue weighted by atomic mass is 35.5. The molecule has 1 aromatic rings. The predicted molar refractivity (Wildman–Crippen MR) is 85.3 cm³/mol. The second-order valence-corrected chi connectivity index (χ2v) is 5.16. The van der Waals surface area contributed by atoms with Gasteiger partial charge in [0.25, 0.3) is 0 Å². The Labute approximate surface area is 131 Å². The monoisotopic (exact) mass is 315 g/mol. The lowest BCUT2D eigenvalue weighted by Gasteiger charge is -2.37. The highest BCUT2D eigenvalue weighted by Gasteiger charge is 2.25. The molecule has 1 heterocycles. The first-order valence-electron chi connectivity index (χ1n) is 7.17. The maximum absolute atomic E-state index is 13.7. The van der Waals surface area contributed by atoms with Crippen LogP contribution in [0.1, 0.15) is 19.8 Å². The summed E-state index contributed by atoms with van der Waals surface area (Å²) in [6, 6.07) is 6.34. The van der Waals surface area contributed by atoms with Crippen molar-refractivity contribution in [3.63, 3.8) is 0 Å². The summed E-state index contributed by atoms with van der Waals surface area (Å²) in [6.45, 7) is 4.51. The van der Waals surface area contributed by atoms with Crippen LogP contribution in [0.15, 0.2) is 24.3 Å². The molecule has 1 aromatic carbocycles. The molecule has 1 aliphatic rings. The summed E-state index contributed by atoms with van der Waals surface area (Å²) in [5.74, 6) is -0.199. The number of nitrogens with two attached hydrogens (primary N) is 1. The molecule has 0 bridgehead atoms. The number of nitrogens with zero attached hydrogens (tertiary/aromatic N) is 2.